The molecule has 5 nitrogen and oxygen atoms in total. The minimum absolute atomic E-state index is 0.0557. The Labute approximate surface area is 185 Å². The van der Waals surface area contributed by atoms with E-state index in [1.807, 2.05) is 43.9 Å². The molecule has 1 saturated heterocycles. The van der Waals surface area contributed by atoms with E-state index < -0.39 is 11.7 Å². The number of aryl methyl sites for hydroxylation is 2. The molecular formula is C26H34N2O3. The highest BCUT2D eigenvalue weighted by atomic mass is 16.5. The first-order valence-electron chi connectivity index (χ1n) is 11.3. The van der Waals surface area contributed by atoms with Crippen LogP contribution in [0.4, 0.5) is 5.69 Å². The number of anilines is 1. The molecule has 4 rings (SSSR count). The Morgan fingerprint density at radius 1 is 1.23 bits per heavy atom. The number of carbonyl (C=O) groups excluding carboxylic acids is 1. The third-order valence-corrected chi connectivity index (χ3v) is 6.94. The largest absolute Gasteiger partial charge is 0.485 e. The number of likely N-dealkylation sites (tertiary alicyclic amines) is 1. The predicted octanol–water partition coefficient (Wildman–Crippen LogP) is 4.66. The Hall–Kier alpha value is -2.53. The van der Waals surface area contributed by atoms with E-state index in [1.54, 1.807) is 0 Å². The maximum Gasteiger partial charge on any atom is 0.254 e. The maximum atomic E-state index is 13.4. The van der Waals surface area contributed by atoms with Crippen molar-refractivity contribution in [3.05, 3.63) is 58.7 Å². The molecule has 0 radical (unpaired) electrons. The number of aliphatic hydroxyl groups is 1. The van der Waals surface area contributed by atoms with Crippen LogP contribution in [0.3, 0.4) is 0 Å². The highest BCUT2D eigenvalue weighted by Crippen LogP contribution is 2.41. The van der Waals surface area contributed by atoms with Gasteiger partial charge >= 0.3 is 0 Å². The van der Waals surface area contributed by atoms with Crippen LogP contribution in [0.1, 0.15) is 66.6 Å². The summed E-state index contributed by atoms with van der Waals surface area (Å²) in [7, 11) is 0. The van der Waals surface area contributed by atoms with Crippen LogP contribution in [0, 0.1) is 13.8 Å². The Bertz CT molecular complexity index is 964. The second kappa shape index (κ2) is 8.19. The summed E-state index contributed by atoms with van der Waals surface area (Å²) in [6.45, 7) is 11.5. The zero-order valence-electron chi connectivity index (χ0n) is 19.2. The van der Waals surface area contributed by atoms with Gasteiger partial charge in [0.1, 0.15) is 11.4 Å². The molecule has 2 N–H and O–H groups in total. The summed E-state index contributed by atoms with van der Waals surface area (Å²) in [5.74, 6) is 0.723. The summed E-state index contributed by atoms with van der Waals surface area (Å²) in [5, 5.41) is 14.2. The zero-order chi connectivity index (χ0) is 22.3. The second-order valence-corrected chi connectivity index (χ2v) is 9.63. The van der Waals surface area contributed by atoms with Crippen molar-refractivity contribution in [3.63, 3.8) is 0 Å². The van der Waals surface area contributed by atoms with Gasteiger partial charge in [0.15, 0.2) is 0 Å². The Morgan fingerprint density at radius 2 is 1.94 bits per heavy atom. The summed E-state index contributed by atoms with van der Waals surface area (Å²) in [6.07, 6.45) is 1.40. The molecule has 3 atom stereocenters. The summed E-state index contributed by atoms with van der Waals surface area (Å²) in [5.41, 5.74) is 4.54. The van der Waals surface area contributed by atoms with Crippen molar-refractivity contribution in [3.8, 4) is 5.75 Å². The lowest BCUT2D eigenvalue weighted by Gasteiger charge is -2.41. The summed E-state index contributed by atoms with van der Waals surface area (Å²) >= 11 is 0. The van der Waals surface area contributed by atoms with Gasteiger partial charge in [-0.15, -0.1) is 0 Å². The lowest BCUT2D eigenvalue weighted by molar-refractivity contribution is -0.0549. The van der Waals surface area contributed by atoms with Crippen molar-refractivity contribution >= 4 is 11.6 Å². The van der Waals surface area contributed by atoms with Gasteiger partial charge in [0.05, 0.1) is 6.10 Å². The lowest BCUT2D eigenvalue weighted by atomic mass is 9.82. The highest BCUT2D eigenvalue weighted by Gasteiger charge is 2.41. The van der Waals surface area contributed by atoms with Gasteiger partial charge in [-0.2, -0.15) is 0 Å². The fourth-order valence-electron chi connectivity index (χ4n) is 5.04. The molecular weight excluding hydrogens is 388 g/mol. The quantitative estimate of drug-likeness (QED) is 0.753. The molecule has 0 saturated carbocycles. The first kappa shape index (κ1) is 21.7. The molecule has 166 valence electrons. The number of fused-ring (bicyclic) bond motifs is 1. The number of para-hydroxylation sites is 1. The Balaban J connectivity index is 1.51. The maximum absolute atomic E-state index is 13.4. The topological polar surface area (TPSA) is 61.8 Å². The van der Waals surface area contributed by atoms with Crippen LogP contribution in [-0.2, 0) is 0 Å². The third kappa shape index (κ3) is 4.03. The minimum atomic E-state index is -0.642. The van der Waals surface area contributed by atoms with Crippen molar-refractivity contribution < 1.29 is 14.6 Å². The molecule has 1 amide bonds. The SMILES string of the molecule is Cc1cccc(C)c1NC[C@H]1CCCN1C(=O)c1ccc2c(c1)[C@@H](C)[C@H](O)C(C)(C)O2. The molecule has 2 heterocycles. The van der Waals surface area contributed by atoms with Crippen LogP contribution in [0.5, 0.6) is 5.75 Å². The van der Waals surface area contributed by atoms with E-state index in [4.69, 9.17) is 4.74 Å². The summed E-state index contributed by atoms with van der Waals surface area (Å²) in [6, 6.07) is 12.1. The molecule has 1 fully saturated rings. The van der Waals surface area contributed by atoms with E-state index in [-0.39, 0.29) is 17.9 Å². The molecule has 0 spiro atoms. The highest BCUT2D eigenvalue weighted by molar-refractivity contribution is 5.95. The van der Waals surface area contributed by atoms with Crippen LogP contribution < -0.4 is 10.1 Å². The number of hydrogen-bond donors (Lipinski definition) is 2. The number of benzene rings is 2. The van der Waals surface area contributed by atoms with Gasteiger partial charge in [-0.05, 0) is 69.9 Å². The lowest BCUT2D eigenvalue weighted by Crippen LogP contribution is -2.48. The number of nitrogens with zero attached hydrogens (tertiary/aromatic N) is 1. The van der Waals surface area contributed by atoms with E-state index in [9.17, 15) is 9.90 Å². The number of ether oxygens (including phenoxy) is 1. The van der Waals surface area contributed by atoms with Gasteiger partial charge in [0, 0.05) is 41.9 Å². The van der Waals surface area contributed by atoms with Crippen LogP contribution in [-0.4, -0.2) is 46.7 Å². The number of carbonyl (C=O) groups is 1. The van der Waals surface area contributed by atoms with Gasteiger partial charge in [-0.3, -0.25) is 4.79 Å². The van der Waals surface area contributed by atoms with Gasteiger partial charge in [0.25, 0.3) is 5.91 Å². The molecule has 2 aliphatic rings. The van der Waals surface area contributed by atoms with Crippen molar-refractivity contribution in [2.24, 2.45) is 0 Å². The smallest absolute Gasteiger partial charge is 0.254 e. The van der Waals surface area contributed by atoms with Crippen molar-refractivity contribution in [2.45, 2.75) is 71.1 Å². The molecule has 0 unspecified atom stereocenters. The summed E-state index contributed by atoms with van der Waals surface area (Å²) < 4.78 is 6.01. The fourth-order valence-corrected chi connectivity index (χ4v) is 5.04. The van der Waals surface area contributed by atoms with Crippen molar-refractivity contribution in [2.75, 3.05) is 18.4 Å². The minimum Gasteiger partial charge on any atom is -0.485 e. The van der Waals surface area contributed by atoms with Crippen LogP contribution >= 0.6 is 0 Å². The number of amides is 1. The molecule has 0 aliphatic carbocycles. The number of nitrogens with one attached hydrogen (secondary N) is 1. The zero-order valence-corrected chi connectivity index (χ0v) is 19.2. The molecule has 31 heavy (non-hydrogen) atoms. The number of hydrogen-bond acceptors (Lipinski definition) is 4. The normalized spacial score (nSPS) is 24.5. The number of rotatable bonds is 4. The second-order valence-electron chi connectivity index (χ2n) is 9.63. The Morgan fingerprint density at radius 3 is 2.65 bits per heavy atom. The van der Waals surface area contributed by atoms with Crippen molar-refractivity contribution in [1.29, 1.82) is 0 Å². The average molecular weight is 423 g/mol. The molecule has 0 aromatic heterocycles. The fraction of sp³-hybridized carbons (Fsp3) is 0.500. The van der Waals surface area contributed by atoms with E-state index in [0.717, 1.165) is 42.9 Å². The predicted molar refractivity (Wildman–Crippen MR) is 124 cm³/mol. The monoisotopic (exact) mass is 422 g/mol. The first-order chi connectivity index (χ1) is 14.7. The van der Waals surface area contributed by atoms with E-state index in [0.29, 0.717) is 5.56 Å². The van der Waals surface area contributed by atoms with Crippen molar-refractivity contribution in [1.82, 2.24) is 4.90 Å². The van der Waals surface area contributed by atoms with E-state index in [1.165, 1.54) is 11.1 Å². The molecule has 0 bridgehead atoms. The molecule has 5 heteroatoms. The van der Waals surface area contributed by atoms with E-state index >= 15 is 0 Å². The molecule has 2 aromatic carbocycles. The van der Waals surface area contributed by atoms with E-state index in [2.05, 4.69) is 37.4 Å². The number of aliphatic hydroxyl groups excluding tert-OH is 1. The van der Waals surface area contributed by atoms with Gasteiger partial charge < -0.3 is 20.1 Å². The molecule has 2 aliphatic heterocycles. The summed E-state index contributed by atoms with van der Waals surface area (Å²) in [4.78, 5) is 15.4. The van der Waals surface area contributed by atoms with Crippen LogP contribution in [0.25, 0.3) is 0 Å². The molecule has 2 aromatic rings. The Kier molecular flexibility index (Phi) is 5.73. The van der Waals surface area contributed by atoms with Crippen LogP contribution in [0.2, 0.25) is 0 Å². The van der Waals surface area contributed by atoms with Gasteiger partial charge in [-0.1, -0.05) is 25.1 Å². The van der Waals surface area contributed by atoms with Gasteiger partial charge in [0.2, 0.25) is 0 Å². The first-order valence-corrected chi connectivity index (χ1v) is 11.3. The van der Waals surface area contributed by atoms with Gasteiger partial charge in [-0.25, -0.2) is 0 Å². The average Bonchev–Trinajstić information content (AvgIpc) is 3.19. The van der Waals surface area contributed by atoms with Crippen LogP contribution in [0.15, 0.2) is 36.4 Å². The standard InChI is InChI=1S/C26H34N2O3/c1-16-8-6-9-17(2)23(16)27-15-20-10-7-13-28(20)25(30)19-11-12-22-21(14-19)18(3)24(29)26(4,5)31-22/h6,8-9,11-12,14,18,20,24,27,29H,7,10,13,15H2,1-5H3/t18-,20-,24+/m1/s1. The third-order valence-electron chi connectivity index (χ3n) is 6.94.